The van der Waals surface area contributed by atoms with Gasteiger partial charge in [-0.2, -0.15) is 0 Å². The Morgan fingerprint density at radius 3 is 2.84 bits per heavy atom. The molecule has 2 unspecified atom stereocenters. The number of aromatic nitrogens is 1. The molecule has 1 aliphatic carbocycles. The SMILES string of the molecule is O=C(NCC1CNCC1O)c1ccc(C2CC2)cn1. The predicted octanol–water partition coefficient (Wildman–Crippen LogP) is 0.269. The van der Waals surface area contributed by atoms with E-state index < -0.39 is 0 Å². The van der Waals surface area contributed by atoms with E-state index in [0.29, 0.717) is 24.7 Å². The first-order valence-electron chi connectivity index (χ1n) is 6.87. The van der Waals surface area contributed by atoms with Crippen LogP contribution in [-0.4, -0.2) is 41.7 Å². The number of amides is 1. The zero-order valence-corrected chi connectivity index (χ0v) is 10.8. The van der Waals surface area contributed by atoms with Crippen LogP contribution in [0.5, 0.6) is 0 Å². The highest BCUT2D eigenvalue weighted by Gasteiger charge is 2.26. The summed E-state index contributed by atoms with van der Waals surface area (Å²) < 4.78 is 0. The molecule has 2 aliphatic rings. The van der Waals surface area contributed by atoms with Gasteiger partial charge in [-0.05, 0) is 30.4 Å². The molecule has 1 saturated heterocycles. The summed E-state index contributed by atoms with van der Waals surface area (Å²) in [6.07, 6.45) is 3.91. The van der Waals surface area contributed by atoms with Crippen molar-refractivity contribution in [2.75, 3.05) is 19.6 Å². The van der Waals surface area contributed by atoms with E-state index in [1.165, 1.54) is 18.4 Å². The smallest absolute Gasteiger partial charge is 0.269 e. The molecule has 2 heterocycles. The molecule has 102 valence electrons. The highest BCUT2D eigenvalue weighted by Crippen LogP contribution is 2.39. The van der Waals surface area contributed by atoms with Crippen molar-refractivity contribution >= 4 is 5.91 Å². The molecule has 0 bridgehead atoms. The van der Waals surface area contributed by atoms with Crippen LogP contribution >= 0.6 is 0 Å². The van der Waals surface area contributed by atoms with E-state index in [2.05, 4.69) is 15.6 Å². The lowest BCUT2D eigenvalue weighted by molar-refractivity contribution is 0.0922. The van der Waals surface area contributed by atoms with Gasteiger partial charge in [0.2, 0.25) is 0 Å². The van der Waals surface area contributed by atoms with Crippen LogP contribution in [0.2, 0.25) is 0 Å². The van der Waals surface area contributed by atoms with Gasteiger partial charge in [0.15, 0.2) is 0 Å². The van der Waals surface area contributed by atoms with Gasteiger partial charge in [0, 0.05) is 31.7 Å². The molecule has 5 heteroatoms. The Bertz CT molecular complexity index is 456. The Morgan fingerprint density at radius 2 is 2.26 bits per heavy atom. The maximum Gasteiger partial charge on any atom is 0.269 e. The number of pyridine rings is 1. The number of β-amino-alcohol motifs (C(OH)–C–C–N with tert-alkyl or cyclic N) is 1. The monoisotopic (exact) mass is 261 g/mol. The van der Waals surface area contributed by atoms with Gasteiger partial charge in [-0.1, -0.05) is 6.07 Å². The summed E-state index contributed by atoms with van der Waals surface area (Å²) in [4.78, 5) is 16.1. The summed E-state index contributed by atoms with van der Waals surface area (Å²) in [7, 11) is 0. The Kier molecular flexibility index (Phi) is 3.48. The number of carbonyl (C=O) groups is 1. The van der Waals surface area contributed by atoms with Gasteiger partial charge in [0.25, 0.3) is 5.91 Å². The van der Waals surface area contributed by atoms with E-state index >= 15 is 0 Å². The summed E-state index contributed by atoms with van der Waals surface area (Å²) in [6.45, 7) is 1.84. The second-order valence-electron chi connectivity index (χ2n) is 5.45. The molecular weight excluding hydrogens is 242 g/mol. The Balaban J connectivity index is 1.54. The topological polar surface area (TPSA) is 74.2 Å². The largest absolute Gasteiger partial charge is 0.391 e. The van der Waals surface area contributed by atoms with E-state index in [4.69, 9.17) is 0 Å². The van der Waals surface area contributed by atoms with E-state index in [9.17, 15) is 9.90 Å². The first kappa shape index (κ1) is 12.6. The molecule has 3 rings (SSSR count). The van der Waals surface area contributed by atoms with Gasteiger partial charge in [-0.3, -0.25) is 9.78 Å². The molecule has 1 amide bonds. The molecule has 1 aliphatic heterocycles. The lowest BCUT2D eigenvalue weighted by atomic mass is 10.1. The van der Waals surface area contributed by atoms with Crippen molar-refractivity contribution in [3.05, 3.63) is 29.6 Å². The molecule has 1 aromatic heterocycles. The zero-order valence-electron chi connectivity index (χ0n) is 10.8. The molecule has 0 spiro atoms. The molecule has 3 N–H and O–H groups in total. The van der Waals surface area contributed by atoms with Crippen molar-refractivity contribution in [1.82, 2.24) is 15.6 Å². The number of aliphatic hydroxyl groups is 1. The predicted molar refractivity (Wildman–Crippen MR) is 70.9 cm³/mol. The van der Waals surface area contributed by atoms with Crippen molar-refractivity contribution in [2.24, 2.45) is 5.92 Å². The normalized spacial score (nSPS) is 26.4. The number of hydrogen-bond acceptors (Lipinski definition) is 4. The number of carbonyl (C=O) groups excluding carboxylic acids is 1. The van der Waals surface area contributed by atoms with Crippen LogP contribution in [0.25, 0.3) is 0 Å². The first-order chi connectivity index (χ1) is 9.24. The molecule has 0 radical (unpaired) electrons. The van der Waals surface area contributed by atoms with Crippen LogP contribution in [0, 0.1) is 5.92 Å². The fraction of sp³-hybridized carbons (Fsp3) is 0.571. The lowest BCUT2D eigenvalue weighted by Gasteiger charge is -2.13. The van der Waals surface area contributed by atoms with E-state index in [1.807, 2.05) is 6.07 Å². The molecule has 0 aromatic carbocycles. The van der Waals surface area contributed by atoms with Crippen LogP contribution in [0.1, 0.15) is 34.8 Å². The maximum atomic E-state index is 11.9. The lowest BCUT2D eigenvalue weighted by Crippen LogP contribution is -2.34. The minimum Gasteiger partial charge on any atom is -0.391 e. The Hall–Kier alpha value is -1.46. The van der Waals surface area contributed by atoms with Crippen LogP contribution in [-0.2, 0) is 0 Å². The third kappa shape index (κ3) is 2.93. The van der Waals surface area contributed by atoms with Crippen LogP contribution in [0.3, 0.4) is 0 Å². The number of nitrogens with one attached hydrogen (secondary N) is 2. The van der Waals surface area contributed by atoms with Gasteiger partial charge >= 0.3 is 0 Å². The van der Waals surface area contributed by atoms with Gasteiger partial charge in [-0.15, -0.1) is 0 Å². The molecule has 1 saturated carbocycles. The molecule has 2 fully saturated rings. The third-order valence-electron chi connectivity index (χ3n) is 3.90. The van der Waals surface area contributed by atoms with Crippen molar-refractivity contribution in [1.29, 1.82) is 0 Å². The molecule has 5 nitrogen and oxygen atoms in total. The van der Waals surface area contributed by atoms with E-state index in [1.54, 1.807) is 12.3 Å². The quantitative estimate of drug-likeness (QED) is 0.727. The van der Waals surface area contributed by atoms with E-state index in [-0.39, 0.29) is 17.9 Å². The summed E-state index contributed by atoms with van der Waals surface area (Å²) >= 11 is 0. The molecule has 19 heavy (non-hydrogen) atoms. The zero-order chi connectivity index (χ0) is 13.2. The third-order valence-corrected chi connectivity index (χ3v) is 3.90. The van der Waals surface area contributed by atoms with Crippen molar-refractivity contribution in [3.63, 3.8) is 0 Å². The standard InChI is InChI=1S/C14H19N3O2/c18-13-8-15-5-11(13)7-17-14(19)12-4-3-10(6-16-12)9-1-2-9/h3-4,6,9,11,13,15,18H,1-2,5,7-8H2,(H,17,19). The summed E-state index contributed by atoms with van der Waals surface area (Å²) in [6, 6.07) is 3.78. The fourth-order valence-corrected chi connectivity index (χ4v) is 2.44. The Labute approximate surface area is 112 Å². The van der Waals surface area contributed by atoms with Crippen molar-refractivity contribution < 1.29 is 9.90 Å². The van der Waals surface area contributed by atoms with Gasteiger partial charge < -0.3 is 15.7 Å². The first-order valence-corrected chi connectivity index (χ1v) is 6.87. The number of rotatable bonds is 4. The summed E-state index contributed by atoms with van der Waals surface area (Å²) in [5.74, 6) is 0.584. The fourth-order valence-electron chi connectivity index (χ4n) is 2.44. The summed E-state index contributed by atoms with van der Waals surface area (Å²) in [5, 5.41) is 15.6. The minimum atomic E-state index is -0.370. The Morgan fingerprint density at radius 1 is 1.42 bits per heavy atom. The second kappa shape index (κ2) is 5.27. The van der Waals surface area contributed by atoms with E-state index in [0.717, 1.165) is 6.54 Å². The number of aliphatic hydroxyl groups excluding tert-OH is 1. The van der Waals surface area contributed by atoms with Gasteiger partial charge in [0.05, 0.1) is 6.10 Å². The highest BCUT2D eigenvalue weighted by molar-refractivity contribution is 5.92. The van der Waals surface area contributed by atoms with Gasteiger partial charge in [0.1, 0.15) is 5.69 Å². The minimum absolute atomic E-state index is 0.0923. The molecular formula is C14H19N3O2. The average Bonchev–Trinajstić information content (AvgIpc) is 3.20. The van der Waals surface area contributed by atoms with Gasteiger partial charge in [-0.25, -0.2) is 0 Å². The maximum absolute atomic E-state index is 11.9. The van der Waals surface area contributed by atoms with Crippen LogP contribution in [0.4, 0.5) is 0 Å². The molecule has 2 atom stereocenters. The van der Waals surface area contributed by atoms with Crippen molar-refractivity contribution in [3.8, 4) is 0 Å². The highest BCUT2D eigenvalue weighted by atomic mass is 16.3. The molecule has 1 aromatic rings. The summed E-state index contributed by atoms with van der Waals surface area (Å²) in [5.41, 5.74) is 1.68. The van der Waals surface area contributed by atoms with Crippen LogP contribution in [0.15, 0.2) is 18.3 Å². The second-order valence-corrected chi connectivity index (χ2v) is 5.45. The number of hydrogen-bond donors (Lipinski definition) is 3. The van der Waals surface area contributed by atoms with Crippen LogP contribution < -0.4 is 10.6 Å². The number of nitrogens with zero attached hydrogens (tertiary/aromatic N) is 1. The van der Waals surface area contributed by atoms with Crippen molar-refractivity contribution in [2.45, 2.75) is 24.9 Å². The average molecular weight is 261 g/mol.